The monoisotopic (exact) mass is 513 g/mol. The van der Waals surface area contributed by atoms with Gasteiger partial charge >= 0.3 is 0 Å². The molecule has 37 heavy (non-hydrogen) atoms. The van der Waals surface area contributed by atoms with E-state index >= 15 is 0 Å². The number of aliphatic hydroxyl groups is 3. The predicted molar refractivity (Wildman–Crippen MR) is 135 cm³/mol. The lowest BCUT2D eigenvalue weighted by molar-refractivity contribution is -0.160. The van der Waals surface area contributed by atoms with E-state index in [9.17, 15) is 34.8 Å². The number of nitrogens with one attached hydrogen (secondary N) is 1. The largest absolute Gasteiger partial charge is 0.510 e. The van der Waals surface area contributed by atoms with Crippen LogP contribution in [0.15, 0.2) is 29.0 Å². The van der Waals surface area contributed by atoms with Crippen molar-refractivity contribution < 1.29 is 34.8 Å². The Labute approximate surface area is 215 Å². The van der Waals surface area contributed by atoms with Crippen LogP contribution in [0.4, 0.5) is 0 Å². The minimum Gasteiger partial charge on any atom is -0.510 e. The summed E-state index contributed by atoms with van der Waals surface area (Å²) in [6, 6.07) is 2.16. The molecule has 1 amide bonds. The number of rotatable bonds is 4. The summed E-state index contributed by atoms with van der Waals surface area (Å²) in [6.45, 7) is 6.50. The quantitative estimate of drug-likeness (QED) is 0.324. The highest BCUT2D eigenvalue weighted by Gasteiger charge is 2.62. The van der Waals surface area contributed by atoms with Crippen LogP contribution in [0.2, 0.25) is 0 Å². The van der Waals surface area contributed by atoms with Gasteiger partial charge in [-0.15, -0.1) is 0 Å². The van der Waals surface area contributed by atoms with E-state index in [1.54, 1.807) is 20.2 Å². The summed E-state index contributed by atoms with van der Waals surface area (Å²) in [6.07, 6.45) is -0.384. The third-order valence-electron chi connectivity index (χ3n) is 7.80. The number of carbonyl (C=O) groups is 3. The maximum atomic E-state index is 13.9. The van der Waals surface area contributed by atoms with Crippen molar-refractivity contribution >= 4 is 23.2 Å². The first-order chi connectivity index (χ1) is 17.1. The molecule has 0 bridgehead atoms. The van der Waals surface area contributed by atoms with E-state index in [4.69, 9.17) is 5.73 Å². The number of phenolic OH excluding ortho intramolecular Hbond substituents is 1. The van der Waals surface area contributed by atoms with Crippen molar-refractivity contribution in [2.45, 2.75) is 63.8 Å². The van der Waals surface area contributed by atoms with Gasteiger partial charge in [-0.1, -0.05) is 6.07 Å². The molecule has 3 aliphatic carbocycles. The van der Waals surface area contributed by atoms with Crippen molar-refractivity contribution in [2.75, 3.05) is 14.1 Å². The van der Waals surface area contributed by atoms with Crippen LogP contribution in [-0.4, -0.2) is 74.1 Å². The van der Waals surface area contributed by atoms with Crippen molar-refractivity contribution in [3.63, 3.8) is 0 Å². The molecule has 1 aromatic rings. The molecule has 10 heteroatoms. The molecule has 4 atom stereocenters. The van der Waals surface area contributed by atoms with Crippen molar-refractivity contribution in [1.82, 2.24) is 10.2 Å². The number of fused-ring (bicyclic) bond motifs is 3. The third kappa shape index (κ3) is 4.22. The molecule has 0 spiro atoms. The summed E-state index contributed by atoms with van der Waals surface area (Å²) in [7, 11) is 3.21. The molecule has 1 fully saturated rings. The van der Waals surface area contributed by atoms with Crippen molar-refractivity contribution in [3.05, 3.63) is 45.7 Å². The summed E-state index contributed by atoms with van der Waals surface area (Å²) in [5.74, 6) is -5.79. The molecular formula is C27H35N3O7. The van der Waals surface area contributed by atoms with Crippen molar-refractivity contribution in [1.29, 1.82) is 0 Å². The molecule has 0 aliphatic heterocycles. The Hall–Kier alpha value is -3.21. The molecule has 0 unspecified atom stereocenters. The van der Waals surface area contributed by atoms with E-state index in [-0.39, 0.29) is 40.8 Å². The fourth-order valence-corrected chi connectivity index (χ4v) is 5.99. The van der Waals surface area contributed by atoms with E-state index in [0.717, 1.165) is 5.56 Å². The second-order valence-corrected chi connectivity index (χ2v) is 11.5. The number of hydrogen-bond donors (Lipinski definition) is 6. The second-order valence-electron chi connectivity index (χ2n) is 11.5. The number of ketones is 2. The highest BCUT2D eigenvalue weighted by atomic mass is 16.3. The molecule has 10 nitrogen and oxygen atoms in total. The highest BCUT2D eigenvalue weighted by molar-refractivity contribution is 6.22. The van der Waals surface area contributed by atoms with Gasteiger partial charge in [-0.25, -0.2) is 0 Å². The van der Waals surface area contributed by atoms with E-state index in [1.807, 2.05) is 20.8 Å². The van der Waals surface area contributed by atoms with Gasteiger partial charge < -0.3 is 31.5 Å². The zero-order chi connectivity index (χ0) is 27.6. The molecule has 0 saturated heterocycles. The number of nitrogens with two attached hydrogens (primary N) is 1. The average Bonchev–Trinajstić information content (AvgIpc) is 2.86. The number of benzene rings is 1. The smallest absolute Gasteiger partial charge is 0.248 e. The number of hydrogen-bond acceptors (Lipinski definition) is 9. The summed E-state index contributed by atoms with van der Waals surface area (Å²) in [4.78, 5) is 40.8. The fourth-order valence-electron chi connectivity index (χ4n) is 5.99. The Morgan fingerprint density at radius 3 is 2.41 bits per heavy atom. The second kappa shape index (κ2) is 8.97. The molecule has 200 valence electrons. The minimum atomic E-state index is -2.60. The van der Waals surface area contributed by atoms with Crippen LogP contribution in [0.25, 0.3) is 5.76 Å². The number of amides is 1. The summed E-state index contributed by atoms with van der Waals surface area (Å²) in [5.41, 5.74) is 3.77. The summed E-state index contributed by atoms with van der Waals surface area (Å²) in [5, 5.41) is 48.0. The average molecular weight is 514 g/mol. The summed E-state index contributed by atoms with van der Waals surface area (Å²) >= 11 is 0. The van der Waals surface area contributed by atoms with Gasteiger partial charge in [0.15, 0.2) is 11.4 Å². The Morgan fingerprint density at radius 1 is 1.19 bits per heavy atom. The molecule has 1 saturated carbocycles. The molecule has 4 rings (SSSR count). The number of aliphatic hydroxyl groups excluding tert-OH is 2. The number of nitrogens with zero attached hydrogens (tertiary/aromatic N) is 1. The minimum absolute atomic E-state index is 0.0631. The lowest BCUT2D eigenvalue weighted by atomic mass is 9.60. The number of phenols is 1. The molecule has 0 aromatic heterocycles. The predicted octanol–water partition coefficient (Wildman–Crippen LogP) is 1.24. The molecule has 0 radical (unpaired) electrons. The van der Waals surface area contributed by atoms with Crippen LogP contribution in [0.3, 0.4) is 0 Å². The van der Waals surface area contributed by atoms with E-state index in [1.165, 1.54) is 11.0 Å². The lowest BCUT2D eigenvalue weighted by Crippen LogP contribution is -2.62. The Balaban J connectivity index is 1.88. The topological polar surface area (TPSA) is 173 Å². The van der Waals surface area contributed by atoms with Crippen molar-refractivity contribution in [2.24, 2.45) is 17.6 Å². The third-order valence-corrected chi connectivity index (χ3v) is 7.80. The Kier molecular flexibility index (Phi) is 6.51. The van der Waals surface area contributed by atoms with E-state index in [0.29, 0.717) is 12.1 Å². The van der Waals surface area contributed by atoms with Crippen LogP contribution < -0.4 is 11.1 Å². The molecule has 7 N–H and O–H groups in total. The van der Waals surface area contributed by atoms with E-state index < -0.39 is 58.9 Å². The molecule has 3 aliphatic rings. The van der Waals surface area contributed by atoms with Gasteiger partial charge in [0, 0.05) is 30.0 Å². The van der Waals surface area contributed by atoms with Crippen LogP contribution in [0.5, 0.6) is 5.75 Å². The fraction of sp³-hybridized carbons (Fsp3) is 0.519. The van der Waals surface area contributed by atoms with Crippen LogP contribution >= 0.6 is 0 Å². The lowest BCUT2D eigenvalue weighted by Gasteiger charge is -2.47. The van der Waals surface area contributed by atoms with Crippen LogP contribution in [-0.2, 0) is 27.3 Å². The molecular weight excluding hydrogens is 478 g/mol. The number of primary amides is 1. The van der Waals surface area contributed by atoms with Gasteiger partial charge in [-0.05, 0) is 70.8 Å². The van der Waals surface area contributed by atoms with Crippen molar-refractivity contribution in [3.8, 4) is 5.75 Å². The standard InChI is InChI=1S/C27H35N3O7/c1-26(2,3)29-11-12-6-7-17(31)20-14(12)8-13-9-16-21(30(4)5)22(33)15(25(28)36)10-18(32)27(16,37)24(35)19(13)23(20)34/h6-7,13,16,21,29,31,33-34,37H,8-11H2,1-5H3,(H2,28,36)/t13-,16-,21-,27+/m0/s1. The maximum absolute atomic E-state index is 13.9. The first-order valence-electron chi connectivity index (χ1n) is 12.3. The first-order valence-corrected chi connectivity index (χ1v) is 12.3. The highest BCUT2D eigenvalue weighted by Crippen LogP contribution is 2.51. The van der Waals surface area contributed by atoms with Crippen LogP contribution in [0.1, 0.15) is 50.3 Å². The maximum Gasteiger partial charge on any atom is 0.248 e. The van der Waals surface area contributed by atoms with Gasteiger partial charge in [0.1, 0.15) is 17.3 Å². The van der Waals surface area contributed by atoms with Gasteiger partial charge in [-0.2, -0.15) is 0 Å². The SMILES string of the molecule is CN(C)[C@@H]1C(O)=C(C(N)=O)CC(=O)[C@@]2(O)C(=O)C3=C(O)c4c(O)ccc(CNC(C)(C)C)c4C[C@H]3C[C@@H]12. The molecule has 1 aromatic carbocycles. The van der Waals surface area contributed by atoms with Gasteiger partial charge in [0.2, 0.25) is 11.7 Å². The zero-order valence-electron chi connectivity index (χ0n) is 21.8. The van der Waals surface area contributed by atoms with E-state index in [2.05, 4.69) is 5.32 Å². The number of likely N-dealkylation sites (N-methyl/N-ethyl adjacent to an activating group) is 1. The number of carbonyl (C=O) groups excluding carboxylic acids is 3. The van der Waals surface area contributed by atoms with Crippen LogP contribution in [0, 0.1) is 11.8 Å². The Morgan fingerprint density at radius 2 is 1.84 bits per heavy atom. The Bertz CT molecular complexity index is 1260. The summed E-state index contributed by atoms with van der Waals surface area (Å²) < 4.78 is 0. The van der Waals surface area contributed by atoms with Gasteiger partial charge in [0.05, 0.1) is 17.2 Å². The van der Waals surface area contributed by atoms with Gasteiger partial charge in [0.25, 0.3) is 0 Å². The number of aromatic hydroxyl groups is 1. The first kappa shape index (κ1) is 26.8. The number of Topliss-reactive ketones (excluding diaryl/α,β-unsaturated/α-hetero) is 2. The molecule has 0 heterocycles. The van der Waals surface area contributed by atoms with Gasteiger partial charge in [-0.3, -0.25) is 19.3 Å². The normalized spacial score (nSPS) is 28.1. The zero-order valence-corrected chi connectivity index (χ0v) is 21.8.